The second kappa shape index (κ2) is 5.84. The van der Waals surface area contributed by atoms with Crippen LogP contribution in [0.1, 0.15) is 26.7 Å². The highest BCUT2D eigenvalue weighted by atomic mass is 16.2. The molecule has 0 aromatic rings. The van der Waals surface area contributed by atoms with Crippen LogP contribution in [0.25, 0.3) is 0 Å². The Hall–Kier alpha value is -1.10. The Morgan fingerprint density at radius 1 is 1.38 bits per heavy atom. The minimum Gasteiger partial charge on any atom is -0.370 e. The first-order valence-corrected chi connectivity index (χ1v) is 5.81. The number of carbonyl (C=O) groups is 2. The van der Waals surface area contributed by atoms with Crippen LogP contribution in [0.15, 0.2) is 0 Å². The first kappa shape index (κ1) is 13.0. The maximum atomic E-state index is 11.7. The van der Waals surface area contributed by atoms with Crippen LogP contribution in [0.2, 0.25) is 0 Å². The maximum Gasteiger partial charge on any atom is 0.223 e. The number of amides is 2. The van der Waals surface area contributed by atoms with Gasteiger partial charge in [0.1, 0.15) is 0 Å². The van der Waals surface area contributed by atoms with E-state index in [-0.39, 0.29) is 18.2 Å². The number of primary amides is 1. The first-order chi connectivity index (χ1) is 7.50. The summed E-state index contributed by atoms with van der Waals surface area (Å²) in [5, 5.41) is 0. The molecule has 0 aromatic carbocycles. The molecule has 5 nitrogen and oxygen atoms in total. The van der Waals surface area contributed by atoms with Gasteiger partial charge in [-0.15, -0.1) is 0 Å². The normalized spacial score (nSPS) is 18.9. The molecule has 0 unspecified atom stereocenters. The van der Waals surface area contributed by atoms with E-state index in [0.29, 0.717) is 25.6 Å². The maximum absolute atomic E-state index is 11.7. The summed E-state index contributed by atoms with van der Waals surface area (Å²) in [4.78, 5) is 26.4. The van der Waals surface area contributed by atoms with Gasteiger partial charge in [0, 0.05) is 45.1 Å². The molecule has 0 bridgehead atoms. The summed E-state index contributed by atoms with van der Waals surface area (Å²) in [6, 6.07) is 0.462. The van der Waals surface area contributed by atoms with Crippen molar-refractivity contribution in [3.05, 3.63) is 0 Å². The summed E-state index contributed by atoms with van der Waals surface area (Å²) in [7, 11) is 0. The fourth-order valence-electron chi connectivity index (χ4n) is 1.88. The van der Waals surface area contributed by atoms with Crippen LogP contribution in [0.5, 0.6) is 0 Å². The SMILES string of the molecule is CC(C)N1CCC(=O)N(CCC(N)=O)CC1. The van der Waals surface area contributed by atoms with E-state index in [1.54, 1.807) is 4.90 Å². The molecule has 0 radical (unpaired) electrons. The summed E-state index contributed by atoms with van der Waals surface area (Å²) >= 11 is 0. The van der Waals surface area contributed by atoms with Crippen molar-refractivity contribution in [2.45, 2.75) is 32.7 Å². The monoisotopic (exact) mass is 227 g/mol. The van der Waals surface area contributed by atoms with Gasteiger partial charge in [0.25, 0.3) is 0 Å². The summed E-state index contributed by atoms with van der Waals surface area (Å²) in [5.74, 6) is -0.220. The van der Waals surface area contributed by atoms with Gasteiger partial charge in [-0.05, 0) is 13.8 Å². The molecule has 1 fully saturated rings. The Morgan fingerprint density at radius 2 is 2.06 bits per heavy atom. The van der Waals surface area contributed by atoms with Crippen LogP contribution in [-0.2, 0) is 9.59 Å². The highest BCUT2D eigenvalue weighted by Crippen LogP contribution is 2.08. The van der Waals surface area contributed by atoms with Gasteiger partial charge in [-0.2, -0.15) is 0 Å². The average molecular weight is 227 g/mol. The zero-order valence-electron chi connectivity index (χ0n) is 10.1. The van der Waals surface area contributed by atoms with E-state index in [4.69, 9.17) is 5.73 Å². The van der Waals surface area contributed by atoms with E-state index >= 15 is 0 Å². The van der Waals surface area contributed by atoms with Crippen LogP contribution < -0.4 is 5.73 Å². The number of hydrogen-bond donors (Lipinski definition) is 1. The second-order valence-electron chi connectivity index (χ2n) is 4.48. The lowest BCUT2D eigenvalue weighted by molar-refractivity contribution is -0.130. The molecular weight excluding hydrogens is 206 g/mol. The van der Waals surface area contributed by atoms with Gasteiger partial charge in [0.15, 0.2) is 0 Å². The minimum absolute atomic E-state index is 0.129. The topological polar surface area (TPSA) is 66.6 Å². The lowest BCUT2D eigenvalue weighted by Crippen LogP contribution is -2.37. The molecule has 1 aliphatic rings. The largest absolute Gasteiger partial charge is 0.370 e. The van der Waals surface area contributed by atoms with Crippen LogP contribution in [0, 0.1) is 0 Å². The highest BCUT2D eigenvalue weighted by Gasteiger charge is 2.21. The smallest absolute Gasteiger partial charge is 0.223 e. The molecule has 0 saturated carbocycles. The van der Waals surface area contributed by atoms with Crippen molar-refractivity contribution in [1.29, 1.82) is 0 Å². The number of hydrogen-bond acceptors (Lipinski definition) is 3. The third-order valence-electron chi connectivity index (χ3n) is 2.98. The van der Waals surface area contributed by atoms with Crippen LogP contribution in [-0.4, -0.2) is 53.8 Å². The standard InChI is InChI=1S/C11H21N3O2/c1-9(2)13-6-4-11(16)14(8-7-13)5-3-10(12)15/h9H,3-8H2,1-2H3,(H2,12,15). The Bertz CT molecular complexity index is 266. The molecule has 1 rings (SSSR count). The summed E-state index contributed by atoms with van der Waals surface area (Å²) < 4.78 is 0. The molecule has 5 heteroatoms. The van der Waals surface area contributed by atoms with Gasteiger partial charge in [0.2, 0.25) is 11.8 Å². The molecule has 0 aliphatic carbocycles. The van der Waals surface area contributed by atoms with E-state index in [2.05, 4.69) is 18.7 Å². The van der Waals surface area contributed by atoms with Crippen molar-refractivity contribution < 1.29 is 9.59 Å². The third kappa shape index (κ3) is 3.81. The lowest BCUT2D eigenvalue weighted by atomic mass is 10.3. The molecule has 2 N–H and O–H groups in total. The van der Waals surface area contributed by atoms with Crippen molar-refractivity contribution in [2.24, 2.45) is 5.73 Å². The Kier molecular flexibility index (Phi) is 4.73. The van der Waals surface area contributed by atoms with Gasteiger partial charge >= 0.3 is 0 Å². The lowest BCUT2D eigenvalue weighted by Gasteiger charge is -2.24. The van der Waals surface area contributed by atoms with Gasteiger partial charge < -0.3 is 10.6 Å². The fraction of sp³-hybridized carbons (Fsp3) is 0.818. The zero-order chi connectivity index (χ0) is 12.1. The summed E-state index contributed by atoms with van der Waals surface area (Å²) in [6.45, 7) is 7.10. The fourth-order valence-corrected chi connectivity index (χ4v) is 1.88. The van der Waals surface area contributed by atoms with Gasteiger partial charge in [-0.3, -0.25) is 14.5 Å². The Labute approximate surface area is 96.6 Å². The average Bonchev–Trinajstić information content (AvgIpc) is 2.37. The van der Waals surface area contributed by atoms with E-state index < -0.39 is 0 Å². The third-order valence-corrected chi connectivity index (χ3v) is 2.98. The molecule has 1 aliphatic heterocycles. The number of nitrogens with zero attached hydrogens (tertiary/aromatic N) is 2. The molecule has 0 spiro atoms. The Morgan fingerprint density at radius 3 is 2.62 bits per heavy atom. The molecule has 1 heterocycles. The summed E-state index contributed by atoms with van der Waals surface area (Å²) in [6.07, 6.45) is 0.796. The molecule has 2 amide bonds. The van der Waals surface area contributed by atoms with Gasteiger partial charge in [0.05, 0.1) is 0 Å². The van der Waals surface area contributed by atoms with Gasteiger partial charge in [-0.1, -0.05) is 0 Å². The zero-order valence-corrected chi connectivity index (χ0v) is 10.1. The van der Waals surface area contributed by atoms with E-state index in [9.17, 15) is 9.59 Å². The first-order valence-electron chi connectivity index (χ1n) is 5.81. The Balaban J connectivity index is 2.47. The van der Waals surface area contributed by atoms with E-state index in [0.717, 1.165) is 13.1 Å². The quantitative estimate of drug-likeness (QED) is 0.723. The van der Waals surface area contributed by atoms with Gasteiger partial charge in [-0.25, -0.2) is 0 Å². The summed E-state index contributed by atoms with van der Waals surface area (Å²) in [5.41, 5.74) is 5.08. The molecule has 92 valence electrons. The van der Waals surface area contributed by atoms with E-state index in [1.807, 2.05) is 0 Å². The van der Waals surface area contributed by atoms with Crippen LogP contribution in [0.3, 0.4) is 0 Å². The van der Waals surface area contributed by atoms with Crippen LogP contribution >= 0.6 is 0 Å². The highest BCUT2D eigenvalue weighted by molar-refractivity contribution is 5.78. The van der Waals surface area contributed by atoms with Crippen molar-refractivity contribution >= 4 is 11.8 Å². The van der Waals surface area contributed by atoms with Crippen molar-refractivity contribution in [3.8, 4) is 0 Å². The van der Waals surface area contributed by atoms with Crippen LogP contribution in [0.4, 0.5) is 0 Å². The number of carbonyl (C=O) groups excluding carboxylic acids is 2. The predicted molar refractivity (Wildman–Crippen MR) is 61.7 cm³/mol. The molecule has 16 heavy (non-hydrogen) atoms. The van der Waals surface area contributed by atoms with Crippen molar-refractivity contribution in [2.75, 3.05) is 26.2 Å². The number of rotatable bonds is 4. The molecule has 1 saturated heterocycles. The predicted octanol–water partition coefficient (Wildman–Crippen LogP) is -0.195. The minimum atomic E-state index is -0.349. The molecule has 0 aromatic heterocycles. The molecule has 0 atom stereocenters. The van der Waals surface area contributed by atoms with Crippen molar-refractivity contribution in [3.63, 3.8) is 0 Å². The molecular formula is C11H21N3O2. The number of nitrogens with two attached hydrogens (primary N) is 1. The second-order valence-corrected chi connectivity index (χ2v) is 4.48. The van der Waals surface area contributed by atoms with Crippen molar-refractivity contribution in [1.82, 2.24) is 9.80 Å². The van der Waals surface area contributed by atoms with E-state index in [1.165, 1.54) is 0 Å².